The van der Waals surface area contributed by atoms with Crippen molar-refractivity contribution >= 4 is 5.91 Å². The standard InChI is InChI=1S/C10H20N2O/c1-6-8(3)12(10(5)13)9(4)7(2)11-6/h6-9,11H,1-5H3/t6-,7-,8-,9-/m0/s1. The van der Waals surface area contributed by atoms with E-state index in [1.807, 2.05) is 4.90 Å². The Morgan fingerprint density at radius 3 is 1.77 bits per heavy atom. The highest BCUT2D eigenvalue weighted by molar-refractivity contribution is 5.74. The number of amides is 1. The highest BCUT2D eigenvalue weighted by Crippen LogP contribution is 2.18. The van der Waals surface area contributed by atoms with E-state index in [1.165, 1.54) is 0 Å². The minimum atomic E-state index is 0.181. The normalized spacial score (nSPS) is 40.5. The fraction of sp³-hybridized carbons (Fsp3) is 0.900. The summed E-state index contributed by atoms with van der Waals surface area (Å²) < 4.78 is 0. The molecule has 1 amide bonds. The maximum atomic E-state index is 11.4. The molecule has 0 radical (unpaired) electrons. The molecule has 4 atom stereocenters. The van der Waals surface area contributed by atoms with E-state index < -0.39 is 0 Å². The van der Waals surface area contributed by atoms with E-state index in [9.17, 15) is 4.79 Å². The maximum absolute atomic E-state index is 11.4. The van der Waals surface area contributed by atoms with Gasteiger partial charge in [0.2, 0.25) is 5.91 Å². The third-order valence-electron chi connectivity index (χ3n) is 3.21. The van der Waals surface area contributed by atoms with Crippen molar-refractivity contribution in [3.63, 3.8) is 0 Å². The van der Waals surface area contributed by atoms with Crippen molar-refractivity contribution in [2.75, 3.05) is 0 Å². The van der Waals surface area contributed by atoms with Gasteiger partial charge in [-0.2, -0.15) is 0 Å². The lowest BCUT2D eigenvalue weighted by Crippen LogP contribution is -2.64. The van der Waals surface area contributed by atoms with Gasteiger partial charge in [0.05, 0.1) is 0 Å². The average Bonchev–Trinajstić information content (AvgIpc) is 2.01. The van der Waals surface area contributed by atoms with Crippen molar-refractivity contribution in [3.8, 4) is 0 Å². The molecule has 0 aliphatic carbocycles. The average molecular weight is 184 g/mol. The van der Waals surface area contributed by atoms with Crippen molar-refractivity contribution in [2.24, 2.45) is 0 Å². The summed E-state index contributed by atoms with van der Waals surface area (Å²) in [7, 11) is 0. The Kier molecular flexibility index (Phi) is 2.96. The molecule has 1 fully saturated rings. The van der Waals surface area contributed by atoms with Crippen LogP contribution in [0.5, 0.6) is 0 Å². The van der Waals surface area contributed by atoms with Crippen LogP contribution in [0.3, 0.4) is 0 Å². The van der Waals surface area contributed by atoms with Crippen LogP contribution in [-0.4, -0.2) is 35.0 Å². The summed E-state index contributed by atoms with van der Waals surface area (Å²) in [5.41, 5.74) is 0. The molecule has 3 heteroatoms. The molecule has 1 aliphatic heterocycles. The third kappa shape index (κ3) is 1.85. The largest absolute Gasteiger partial charge is 0.334 e. The summed E-state index contributed by atoms with van der Waals surface area (Å²) in [5, 5.41) is 3.47. The van der Waals surface area contributed by atoms with Crippen LogP contribution in [0.25, 0.3) is 0 Å². The molecule has 1 heterocycles. The van der Waals surface area contributed by atoms with Gasteiger partial charge in [-0.1, -0.05) is 0 Å². The number of carbonyl (C=O) groups excluding carboxylic acids is 1. The van der Waals surface area contributed by atoms with Crippen LogP contribution in [0.2, 0.25) is 0 Å². The predicted molar refractivity (Wildman–Crippen MR) is 53.5 cm³/mol. The number of piperazine rings is 1. The third-order valence-corrected chi connectivity index (χ3v) is 3.21. The van der Waals surface area contributed by atoms with Crippen LogP contribution in [0.4, 0.5) is 0 Å². The first-order chi connectivity index (χ1) is 5.95. The second-order valence-corrected chi connectivity index (χ2v) is 4.15. The summed E-state index contributed by atoms with van der Waals surface area (Å²) >= 11 is 0. The second-order valence-electron chi connectivity index (χ2n) is 4.15. The summed E-state index contributed by atoms with van der Waals surface area (Å²) in [6.45, 7) is 10.1. The van der Waals surface area contributed by atoms with Gasteiger partial charge in [-0.25, -0.2) is 0 Å². The highest BCUT2D eigenvalue weighted by Gasteiger charge is 2.35. The lowest BCUT2D eigenvalue weighted by molar-refractivity contribution is -0.136. The number of hydrogen-bond acceptors (Lipinski definition) is 2. The van der Waals surface area contributed by atoms with E-state index in [0.717, 1.165) is 0 Å². The molecule has 0 spiro atoms. The van der Waals surface area contributed by atoms with Gasteiger partial charge in [-0.05, 0) is 27.7 Å². The van der Waals surface area contributed by atoms with Gasteiger partial charge in [0.25, 0.3) is 0 Å². The summed E-state index contributed by atoms with van der Waals surface area (Å²) in [5.74, 6) is 0.181. The molecule has 0 aromatic rings. The number of nitrogens with zero attached hydrogens (tertiary/aromatic N) is 1. The van der Waals surface area contributed by atoms with Crippen LogP contribution in [0.1, 0.15) is 34.6 Å². The molecule has 3 nitrogen and oxygen atoms in total. The van der Waals surface area contributed by atoms with Gasteiger partial charge in [-0.15, -0.1) is 0 Å². The van der Waals surface area contributed by atoms with Crippen LogP contribution in [-0.2, 0) is 4.79 Å². The monoisotopic (exact) mass is 184 g/mol. The maximum Gasteiger partial charge on any atom is 0.220 e. The molecular weight excluding hydrogens is 164 g/mol. The number of hydrogen-bond donors (Lipinski definition) is 1. The SMILES string of the molecule is CC(=O)N1[C@@H](C)[C@H](C)N[C@@H](C)[C@@H]1C. The van der Waals surface area contributed by atoms with E-state index in [2.05, 4.69) is 33.0 Å². The molecule has 76 valence electrons. The second kappa shape index (κ2) is 3.66. The fourth-order valence-corrected chi connectivity index (χ4v) is 2.12. The molecule has 0 bridgehead atoms. The van der Waals surface area contributed by atoms with Crippen LogP contribution >= 0.6 is 0 Å². The van der Waals surface area contributed by atoms with Crippen molar-refractivity contribution in [2.45, 2.75) is 58.8 Å². The quantitative estimate of drug-likeness (QED) is 0.609. The fourth-order valence-electron chi connectivity index (χ4n) is 2.12. The molecule has 0 saturated carbocycles. The van der Waals surface area contributed by atoms with E-state index >= 15 is 0 Å². The molecule has 1 rings (SSSR count). The molecule has 0 unspecified atom stereocenters. The Morgan fingerprint density at radius 1 is 1.08 bits per heavy atom. The van der Waals surface area contributed by atoms with Gasteiger partial charge in [0.1, 0.15) is 0 Å². The Bertz CT molecular complexity index is 191. The lowest BCUT2D eigenvalue weighted by Gasteiger charge is -2.46. The number of carbonyl (C=O) groups is 1. The summed E-state index contributed by atoms with van der Waals surface area (Å²) in [6, 6.07) is 1.36. The van der Waals surface area contributed by atoms with Gasteiger partial charge in [-0.3, -0.25) is 4.79 Å². The first-order valence-electron chi connectivity index (χ1n) is 5.00. The molecule has 13 heavy (non-hydrogen) atoms. The van der Waals surface area contributed by atoms with Gasteiger partial charge < -0.3 is 10.2 Å². The molecule has 1 aliphatic rings. The van der Waals surface area contributed by atoms with Gasteiger partial charge in [0.15, 0.2) is 0 Å². The topological polar surface area (TPSA) is 32.3 Å². The Morgan fingerprint density at radius 2 is 1.46 bits per heavy atom. The van der Waals surface area contributed by atoms with Crippen LogP contribution in [0.15, 0.2) is 0 Å². The van der Waals surface area contributed by atoms with Gasteiger partial charge in [0, 0.05) is 31.1 Å². The molecule has 0 aromatic heterocycles. The van der Waals surface area contributed by atoms with E-state index in [-0.39, 0.29) is 5.91 Å². The smallest absolute Gasteiger partial charge is 0.220 e. The van der Waals surface area contributed by atoms with Crippen LogP contribution in [0, 0.1) is 0 Å². The van der Waals surface area contributed by atoms with Gasteiger partial charge >= 0.3 is 0 Å². The zero-order valence-corrected chi connectivity index (χ0v) is 9.16. The van der Waals surface area contributed by atoms with Crippen LogP contribution < -0.4 is 5.32 Å². The lowest BCUT2D eigenvalue weighted by atomic mass is 9.97. The predicted octanol–water partition coefficient (Wildman–Crippen LogP) is 0.992. The van der Waals surface area contributed by atoms with E-state index in [4.69, 9.17) is 0 Å². The number of nitrogens with one attached hydrogen (secondary N) is 1. The molecular formula is C10H20N2O. The van der Waals surface area contributed by atoms with Crippen molar-refractivity contribution in [1.29, 1.82) is 0 Å². The zero-order valence-electron chi connectivity index (χ0n) is 9.16. The highest BCUT2D eigenvalue weighted by atomic mass is 16.2. The van der Waals surface area contributed by atoms with E-state index in [0.29, 0.717) is 24.2 Å². The Balaban J connectivity index is 2.82. The Labute approximate surface area is 80.5 Å². The Hall–Kier alpha value is -0.570. The zero-order chi connectivity index (χ0) is 10.2. The first kappa shape index (κ1) is 10.5. The summed E-state index contributed by atoms with van der Waals surface area (Å²) in [4.78, 5) is 13.4. The minimum Gasteiger partial charge on any atom is -0.334 e. The van der Waals surface area contributed by atoms with E-state index in [1.54, 1.807) is 6.92 Å². The molecule has 1 N–H and O–H groups in total. The number of rotatable bonds is 0. The molecule has 0 aromatic carbocycles. The van der Waals surface area contributed by atoms with Crippen molar-refractivity contribution in [3.05, 3.63) is 0 Å². The van der Waals surface area contributed by atoms with Crippen molar-refractivity contribution in [1.82, 2.24) is 10.2 Å². The molecule has 1 saturated heterocycles. The van der Waals surface area contributed by atoms with Crippen molar-refractivity contribution < 1.29 is 4.79 Å². The minimum absolute atomic E-state index is 0.181. The summed E-state index contributed by atoms with van der Waals surface area (Å²) in [6.07, 6.45) is 0. The first-order valence-corrected chi connectivity index (χ1v) is 5.00.